The van der Waals surface area contributed by atoms with Gasteiger partial charge in [0, 0.05) is 17.6 Å². The molecular formula is C13H20ClNO3S. The molecule has 1 aromatic carbocycles. The normalized spacial score (nSPS) is 11.8. The van der Waals surface area contributed by atoms with Crippen molar-refractivity contribution in [1.29, 1.82) is 0 Å². The number of sulfonamides is 1. The van der Waals surface area contributed by atoms with Gasteiger partial charge in [-0.1, -0.05) is 38.3 Å². The molecule has 0 radical (unpaired) electrons. The minimum Gasteiger partial charge on any atom is -0.495 e. The van der Waals surface area contributed by atoms with Crippen molar-refractivity contribution in [3.63, 3.8) is 0 Å². The second-order valence-corrected chi connectivity index (χ2v) is 6.50. The van der Waals surface area contributed by atoms with E-state index in [0.717, 1.165) is 12.8 Å². The lowest BCUT2D eigenvalue weighted by Crippen LogP contribution is -2.29. The van der Waals surface area contributed by atoms with Gasteiger partial charge in [-0.15, -0.1) is 0 Å². The number of hydrogen-bond acceptors (Lipinski definition) is 3. The van der Waals surface area contributed by atoms with Crippen molar-refractivity contribution < 1.29 is 13.2 Å². The molecule has 1 N–H and O–H groups in total. The summed E-state index contributed by atoms with van der Waals surface area (Å²) in [5.41, 5.74) is 0. The summed E-state index contributed by atoms with van der Waals surface area (Å²) in [4.78, 5) is 0.116. The lowest BCUT2D eigenvalue weighted by molar-refractivity contribution is 0.402. The largest absolute Gasteiger partial charge is 0.495 e. The molecule has 0 unspecified atom stereocenters. The van der Waals surface area contributed by atoms with Gasteiger partial charge < -0.3 is 4.74 Å². The van der Waals surface area contributed by atoms with Gasteiger partial charge in [0.15, 0.2) is 0 Å². The molecule has 6 heteroatoms. The number of methoxy groups -OCH3 is 1. The first kappa shape index (κ1) is 16.3. The molecule has 0 saturated carbocycles. The van der Waals surface area contributed by atoms with E-state index >= 15 is 0 Å². The van der Waals surface area contributed by atoms with E-state index in [1.807, 2.05) is 13.8 Å². The van der Waals surface area contributed by atoms with Gasteiger partial charge in [0.2, 0.25) is 10.0 Å². The molecule has 0 aromatic heterocycles. The van der Waals surface area contributed by atoms with Gasteiger partial charge in [0.1, 0.15) is 10.6 Å². The fourth-order valence-corrected chi connectivity index (χ4v) is 3.17. The predicted molar refractivity (Wildman–Crippen MR) is 77.3 cm³/mol. The highest BCUT2D eigenvalue weighted by molar-refractivity contribution is 7.89. The van der Waals surface area contributed by atoms with Crippen LogP contribution in [0.3, 0.4) is 0 Å². The average Bonchev–Trinajstić information content (AvgIpc) is 2.39. The summed E-state index contributed by atoms with van der Waals surface area (Å²) in [5.74, 6) is 0.595. The Morgan fingerprint density at radius 2 is 1.95 bits per heavy atom. The number of nitrogens with one attached hydrogen (secondary N) is 1. The first-order chi connectivity index (χ1) is 8.94. The van der Waals surface area contributed by atoms with Gasteiger partial charge in [-0.2, -0.15) is 0 Å². The van der Waals surface area contributed by atoms with Crippen molar-refractivity contribution >= 4 is 21.6 Å². The van der Waals surface area contributed by atoms with Crippen LogP contribution in [0.4, 0.5) is 0 Å². The molecule has 0 aliphatic heterocycles. The predicted octanol–water partition coefficient (Wildman–Crippen LogP) is 3.06. The third-order valence-electron chi connectivity index (χ3n) is 3.13. The molecule has 0 spiro atoms. The Hall–Kier alpha value is -0.780. The number of hydrogen-bond donors (Lipinski definition) is 1. The molecule has 1 aromatic rings. The van der Waals surface area contributed by atoms with Crippen molar-refractivity contribution in [2.45, 2.75) is 31.6 Å². The van der Waals surface area contributed by atoms with Gasteiger partial charge in [-0.25, -0.2) is 13.1 Å². The highest BCUT2D eigenvalue weighted by Crippen LogP contribution is 2.27. The molecule has 0 heterocycles. The molecule has 4 nitrogen and oxygen atoms in total. The summed E-state index contributed by atoms with van der Waals surface area (Å²) in [6, 6.07) is 4.49. The third kappa shape index (κ3) is 4.37. The maximum atomic E-state index is 12.2. The second-order valence-electron chi connectivity index (χ2n) is 4.33. The van der Waals surface area contributed by atoms with Crippen molar-refractivity contribution in [3.05, 3.63) is 23.2 Å². The second kappa shape index (κ2) is 7.12. The summed E-state index contributed by atoms with van der Waals surface area (Å²) >= 11 is 5.82. The molecule has 0 aliphatic rings. The Morgan fingerprint density at radius 3 is 2.47 bits per heavy atom. The van der Waals surface area contributed by atoms with E-state index < -0.39 is 10.0 Å². The van der Waals surface area contributed by atoms with Crippen molar-refractivity contribution in [2.24, 2.45) is 5.92 Å². The van der Waals surface area contributed by atoms with Gasteiger partial charge in [-0.3, -0.25) is 0 Å². The van der Waals surface area contributed by atoms with Crippen LogP contribution in [0.25, 0.3) is 0 Å². The van der Waals surface area contributed by atoms with E-state index in [-0.39, 0.29) is 10.6 Å². The fourth-order valence-electron chi connectivity index (χ4n) is 1.75. The zero-order chi connectivity index (χ0) is 14.5. The Morgan fingerprint density at radius 1 is 1.32 bits per heavy atom. The number of ether oxygens (including phenoxy) is 1. The Balaban J connectivity index is 2.94. The average molecular weight is 306 g/mol. The zero-order valence-electron chi connectivity index (χ0n) is 11.4. The lowest BCUT2D eigenvalue weighted by atomic mass is 10.0. The van der Waals surface area contributed by atoms with E-state index in [4.69, 9.17) is 16.3 Å². The topological polar surface area (TPSA) is 55.4 Å². The van der Waals surface area contributed by atoms with Crippen LogP contribution in [0.15, 0.2) is 23.1 Å². The first-order valence-electron chi connectivity index (χ1n) is 6.27. The minimum absolute atomic E-state index is 0.116. The quantitative estimate of drug-likeness (QED) is 0.842. The summed E-state index contributed by atoms with van der Waals surface area (Å²) in [5, 5.41) is 0.441. The minimum atomic E-state index is -3.57. The Labute approximate surface area is 120 Å². The highest BCUT2D eigenvalue weighted by atomic mass is 35.5. The van der Waals surface area contributed by atoms with E-state index in [1.54, 1.807) is 0 Å². The summed E-state index contributed by atoms with van der Waals surface area (Å²) in [6.07, 6.45) is 1.88. The molecule has 0 bridgehead atoms. The summed E-state index contributed by atoms with van der Waals surface area (Å²) in [7, 11) is -2.15. The van der Waals surface area contributed by atoms with E-state index in [1.165, 1.54) is 25.3 Å². The summed E-state index contributed by atoms with van der Waals surface area (Å²) in [6.45, 7) is 4.53. The maximum Gasteiger partial charge on any atom is 0.244 e. The van der Waals surface area contributed by atoms with Gasteiger partial charge in [0.05, 0.1) is 7.11 Å². The van der Waals surface area contributed by atoms with Crippen molar-refractivity contribution in [3.8, 4) is 5.75 Å². The lowest BCUT2D eigenvalue weighted by Gasteiger charge is -2.15. The molecule has 1 rings (SSSR count). The van der Waals surface area contributed by atoms with Crippen LogP contribution in [0.2, 0.25) is 5.02 Å². The van der Waals surface area contributed by atoms with Crippen LogP contribution < -0.4 is 9.46 Å². The van der Waals surface area contributed by atoms with Crippen molar-refractivity contribution in [1.82, 2.24) is 4.72 Å². The van der Waals surface area contributed by atoms with Crippen LogP contribution in [-0.4, -0.2) is 22.1 Å². The first-order valence-corrected chi connectivity index (χ1v) is 8.13. The van der Waals surface area contributed by atoms with Gasteiger partial charge >= 0.3 is 0 Å². The monoisotopic (exact) mass is 305 g/mol. The SMILES string of the molecule is CCC(CC)CNS(=O)(=O)c1ccc(Cl)cc1OC. The Kier molecular flexibility index (Phi) is 6.10. The van der Waals surface area contributed by atoms with Crippen LogP contribution in [0, 0.1) is 5.92 Å². The standard InChI is InChI=1S/C13H20ClNO3S/c1-4-10(5-2)9-15-19(16,17)13-7-6-11(14)8-12(13)18-3/h6-8,10,15H,4-5,9H2,1-3H3. The number of halogens is 1. The number of rotatable bonds is 7. The zero-order valence-corrected chi connectivity index (χ0v) is 13.0. The van der Waals surface area contributed by atoms with Crippen LogP contribution >= 0.6 is 11.6 Å². The van der Waals surface area contributed by atoms with Crippen LogP contribution in [-0.2, 0) is 10.0 Å². The van der Waals surface area contributed by atoms with Crippen LogP contribution in [0.1, 0.15) is 26.7 Å². The van der Waals surface area contributed by atoms with Crippen LogP contribution in [0.5, 0.6) is 5.75 Å². The molecule has 19 heavy (non-hydrogen) atoms. The molecular weight excluding hydrogens is 286 g/mol. The van der Waals surface area contributed by atoms with E-state index in [9.17, 15) is 8.42 Å². The molecule has 0 aliphatic carbocycles. The molecule has 108 valence electrons. The maximum absolute atomic E-state index is 12.2. The van der Waals surface area contributed by atoms with Crippen molar-refractivity contribution in [2.75, 3.05) is 13.7 Å². The highest BCUT2D eigenvalue weighted by Gasteiger charge is 2.20. The smallest absolute Gasteiger partial charge is 0.244 e. The molecule has 0 saturated heterocycles. The summed E-state index contributed by atoms with van der Waals surface area (Å²) < 4.78 is 32.1. The Bertz CT molecular complexity index is 513. The molecule has 0 amide bonds. The molecule has 0 atom stereocenters. The van der Waals surface area contributed by atoms with E-state index in [0.29, 0.717) is 17.5 Å². The van der Waals surface area contributed by atoms with E-state index in [2.05, 4.69) is 4.72 Å². The number of benzene rings is 1. The fraction of sp³-hybridized carbons (Fsp3) is 0.538. The van der Waals surface area contributed by atoms with Gasteiger partial charge in [0.25, 0.3) is 0 Å². The third-order valence-corrected chi connectivity index (χ3v) is 4.83. The molecule has 0 fully saturated rings. The van der Waals surface area contributed by atoms with Gasteiger partial charge in [-0.05, 0) is 18.1 Å².